The standard InChI is InChI=1S/C19H29N3O2/c1-4-15-8-6-7-9-17(15)14-21-19(20-3)22-12-10-16(11-13-22)18(23)24-5-2/h6-9,16H,4-5,10-14H2,1-3H3,(H,20,21). The summed E-state index contributed by atoms with van der Waals surface area (Å²) in [4.78, 5) is 18.5. The molecule has 24 heavy (non-hydrogen) atoms. The highest BCUT2D eigenvalue weighted by atomic mass is 16.5. The van der Waals surface area contributed by atoms with E-state index in [4.69, 9.17) is 4.74 Å². The molecule has 0 atom stereocenters. The molecule has 0 aliphatic carbocycles. The number of carbonyl (C=O) groups is 1. The Hall–Kier alpha value is -2.04. The van der Waals surface area contributed by atoms with Crippen LogP contribution in [0.15, 0.2) is 29.3 Å². The second-order valence-electron chi connectivity index (χ2n) is 6.04. The predicted molar refractivity (Wildman–Crippen MR) is 96.9 cm³/mol. The Morgan fingerprint density at radius 2 is 1.92 bits per heavy atom. The van der Waals surface area contributed by atoms with Crippen molar-refractivity contribution in [3.05, 3.63) is 35.4 Å². The summed E-state index contributed by atoms with van der Waals surface area (Å²) in [6.07, 6.45) is 2.68. The first-order valence-corrected chi connectivity index (χ1v) is 8.88. The Morgan fingerprint density at radius 3 is 2.50 bits per heavy atom. The minimum Gasteiger partial charge on any atom is -0.466 e. The van der Waals surface area contributed by atoms with E-state index in [1.165, 1.54) is 11.1 Å². The zero-order valence-corrected chi connectivity index (χ0v) is 15.0. The molecule has 1 aromatic rings. The van der Waals surface area contributed by atoms with Crippen molar-refractivity contribution in [2.45, 2.75) is 39.7 Å². The Bertz CT molecular complexity index is 563. The van der Waals surface area contributed by atoms with Gasteiger partial charge in [-0.05, 0) is 37.3 Å². The third kappa shape index (κ3) is 4.73. The first kappa shape index (κ1) is 18.3. The van der Waals surface area contributed by atoms with Gasteiger partial charge in [0.15, 0.2) is 5.96 Å². The molecule has 1 aliphatic heterocycles. The van der Waals surface area contributed by atoms with Crippen LogP contribution in [0, 0.1) is 5.92 Å². The number of nitrogens with one attached hydrogen (secondary N) is 1. The predicted octanol–water partition coefficient (Wildman–Crippen LogP) is 2.60. The molecule has 1 heterocycles. The molecule has 5 nitrogen and oxygen atoms in total. The van der Waals surface area contributed by atoms with Crippen LogP contribution in [-0.2, 0) is 22.5 Å². The lowest BCUT2D eigenvalue weighted by atomic mass is 9.97. The molecule has 0 amide bonds. The Kier molecular flexibility index (Phi) is 7.09. The smallest absolute Gasteiger partial charge is 0.309 e. The fourth-order valence-electron chi connectivity index (χ4n) is 3.17. The highest BCUT2D eigenvalue weighted by Gasteiger charge is 2.27. The molecule has 1 N–H and O–H groups in total. The van der Waals surface area contributed by atoms with Gasteiger partial charge < -0.3 is 15.0 Å². The summed E-state index contributed by atoms with van der Waals surface area (Å²) in [7, 11) is 1.81. The SMILES string of the molecule is CCOC(=O)C1CCN(C(=NC)NCc2ccccc2CC)CC1. The lowest BCUT2D eigenvalue weighted by Crippen LogP contribution is -2.46. The topological polar surface area (TPSA) is 53.9 Å². The third-order valence-corrected chi connectivity index (χ3v) is 4.56. The molecule has 0 spiro atoms. The molecule has 0 saturated carbocycles. The normalized spacial score (nSPS) is 16.1. The van der Waals surface area contributed by atoms with Gasteiger partial charge >= 0.3 is 5.97 Å². The zero-order valence-electron chi connectivity index (χ0n) is 15.0. The van der Waals surface area contributed by atoms with Crippen molar-refractivity contribution in [3.63, 3.8) is 0 Å². The van der Waals surface area contributed by atoms with Crippen molar-refractivity contribution in [2.75, 3.05) is 26.7 Å². The van der Waals surface area contributed by atoms with Gasteiger partial charge in [-0.15, -0.1) is 0 Å². The summed E-state index contributed by atoms with van der Waals surface area (Å²) in [5.41, 5.74) is 2.67. The monoisotopic (exact) mass is 331 g/mol. The van der Waals surface area contributed by atoms with Crippen molar-refractivity contribution in [3.8, 4) is 0 Å². The van der Waals surface area contributed by atoms with E-state index < -0.39 is 0 Å². The Morgan fingerprint density at radius 1 is 1.25 bits per heavy atom. The summed E-state index contributed by atoms with van der Waals surface area (Å²) < 4.78 is 5.13. The summed E-state index contributed by atoms with van der Waals surface area (Å²) in [6.45, 7) is 6.92. The number of likely N-dealkylation sites (tertiary alicyclic amines) is 1. The van der Waals surface area contributed by atoms with Gasteiger partial charge in [0.25, 0.3) is 0 Å². The number of carbonyl (C=O) groups excluding carboxylic acids is 1. The molecular formula is C19H29N3O2. The number of aryl methyl sites for hydroxylation is 1. The van der Waals surface area contributed by atoms with Gasteiger partial charge in [0.05, 0.1) is 12.5 Å². The van der Waals surface area contributed by atoms with Gasteiger partial charge in [0.2, 0.25) is 0 Å². The number of piperidine rings is 1. The van der Waals surface area contributed by atoms with E-state index in [0.29, 0.717) is 6.61 Å². The van der Waals surface area contributed by atoms with Gasteiger partial charge in [-0.25, -0.2) is 0 Å². The van der Waals surface area contributed by atoms with Crippen molar-refractivity contribution < 1.29 is 9.53 Å². The van der Waals surface area contributed by atoms with Crippen LogP contribution in [0.3, 0.4) is 0 Å². The molecule has 0 bridgehead atoms. The van der Waals surface area contributed by atoms with Crippen molar-refractivity contribution in [2.24, 2.45) is 10.9 Å². The molecule has 0 radical (unpaired) electrons. The minimum atomic E-state index is -0.0584. The second-order valence-corrected chi connectivity index (χ2v) is 6.04. The van der Waals surface area contributed by atoms with E-state index in [1.54, 1.807) is 0 Å². The number of aliphatic imine (C=N–C) groups is 1. The molecule has 2 rings (SSSR count). The van der Waals surface area contributed by atoms with Crippen LogP contribution in [-0.4, -0.2) is 43.6 Å². The van der Waals surface area contributed by atoms with Crippen LogP contribution in [0.2, 0.25) is 0 Å². The number of hydrogen-bond donors (Lipinski definition) is 1. The maximum absolute atomic E-state index is 11.8. The molecule has 0 aromatic heterocycles. The van der Waals surface area contributed by atoms with Crippen molar-refractivity contribution >= 4 is 11.9 Å². The highest BCUT2D eigenvalue weighted by Crippen LogP contribution is 2.19. The molecule has 1 aromatic carbocycles. The molecule has 132 valence electrons. The lowest BCUT2D eigenvalue weighted by Gasteiger charge is -2.33. The molecule has 1 fully saturated rings. The van der Waals surface area contributed by atoms with E-state index >= 15 is 0 Å². The summed E-state index contributed by atoms with van der Waals surface area (Å²) in [5, 5.41) is 3.46. The summed E-state index contributed by atoms with van der Waals surface area (Å²) in [5.74, 6) is 0.875. The van der Waals surface area contributed by atoms with E-state index in [1.807, 2.05) is 14.0 Å². The van der Waals surface area contributed by atoms with Crippen LogP contribution in [0.1, 0.15) is 37.8 Å². The number of benzene rings is 1. The van der Waals surface area contributed by atoms with E-state index in [-0.39, 0.29) is 11.9 Å². The van der Waals surface area contributed by atoms with Gasteiger partial charge in [-0.3, -0.25) is 9.79 Å². The van der Waals surface area contributed by atoms with Crippen LogP contribution in [0.25, 0.3) is 0 Å². The van der Waals surface area contributed by atoms with Crippen molar-refractivity contribution in [1.82, 2.24) is 10.2 Å². The average molecular weight is 331 g/mol. The number of hydrogen-bond acceptors (Lipinski definition) is 3. The molecule has 1 aliphatic rings. The Labute approximate surface area is 145 Å². The first-order chi connectivity index (χ1) is 11.7. The van der Waals surface area contributed by atoms with Gasteiger partial charge in [0, 0.05) is 26.7 Å². The molecule has 5 heteroatoms. The quantitative estimate of drug-likeness (QED) is 0.512. The van der Waals surface area contributed by atoms with Gasteiger partial charge in [-0.1, -0.05) is 31.2 Å². The number of rotatable bonds is 5. The lowest BCUT2D eigenvalue weighted by molar-refractivity contribution is -0.149. The van der Waals surface area contributed by atoms with Crippen LogP contribution >= 0.6 is 0 Å². The first-order valence-electron chi connectivity index (χ1n) is 8.88. The van der Waals surface area contributed by atoms with Crippen LogP contribution in [0.4, 0.5) is 0 Å². The number of ether oxygens (including phenoxy) is 1. The molecular weight excluding hydrogens is 302 g/mol. The summed E-state index contributed by atoms with van der Waals surface area (Å²) >= 11 is 0. The minimum absolute atomic E-state index is 0.0279. The number of guanidine groups is 1. The van der Waals surface area contributed by atoms with E-state index in [0.717, 1.165) is 44.9 Å². The number of nitrogens with zero attached hydrogens (tertiary/aromatic N) is 2. The fourth-order valence-corrected chi connectivity index (χ4v) is 3.17. The van der Waals surface area contributed by atoms with E-state index in [9.17, 15) is 4.79 Å². The highest BCUT2D eigenvalue weighted by molar-refractivity contribution is 5.80. The second kappa shape index (κ2) is 9.30. The maximum Gasteiger partial charge on any atom is 0.309 e. The fraction of sp³-hybridized carbons (Fsp3) is 0.579. The average Bonchev–Trinajstić information content (AvgIpc) is 2.63. The van der Waals surface area contributed by atoms with Crippen LogP contribution in [0.5, 0.6) is 0 Å². The Balaban J connectivity index is 1.88. The maximum atomic E-state index is 11.8. The zero-order chi connectivity index (χ0) is 17.4. The number of esters is 1. The van der Waals surface area contributed by atoms with Crippen molar-refractivity contribution in [1.29, 1.82) is 0 Å². The van der Waals surface area contributed by atoms with Gasteiger partial charge in [-0.2, -0.15) is 0 Å². The largest absolute Gasteiger partial charge is 0.466 e. The molecule has 1 saturated heterocycles. The van der Waals surface area contributed by atoms with Gasteiger partial charge in [0.1, 0.15) is 0 Å². The summed E-state index contributed by atoms with van der Waals surface area (Å²) in [6, 6.07) is 8.48. The third-order valence-electron chi connectivity index (χ3n) is 4.56. The molecule has 0 unspecified atom stereocenters. The van der Waals surface area contributed by atoms with E-state index in [2.05, 4.69) is 46.4 Å². The van der Waals surface area contributed by atoms with Crippen LogP contribution < -0.4 is 5.32 Å².